The lowest BCUT2D eigenvalue weighted by atomic mass is 10.4. The first-order chi connectivity index (χ1) is 5.65. The summed E-state index contributed by atoms with van der Waals surface area (Å²) in [4.78, 5) is 3.92. The van der Waals surface area contributed by atoms with E-state index in [1.54, 1.807) is 4.31 Å². The smallest absolute Gasteiger partial charge is 0.327 e. The van der Waals surface area contributed by atoms with E-state index in [4.69, 9.17) is 16.3 Å². The SMILES string of the molecule is COC1=NSN(C(C)C)C(Cl)=N1. The highest BCUT2D eigenvalue weighted by Gasteiger charge is 2.19. The molecule has 6 heteroatoms. The highest BCUT2D eigenvalue weighted by Crippen LogP contribution is 2.22. The number of hydrogen-bond acceptors (Lipinski definition) is 5. The largest absolute Gasteiger partial charge is 0.466 e. The second-order valence-electron chi connectivity index (χ2n) is 2.46. The summed E-state index contributed by atoms with van der Waals surface area (Å²) in [6.45, 7) is 4.02. The minimum atomic E-state index is 0.272. The normalized spacial score (nSPS) is 17.6. The number of amidine groups is 2. The molecule has 0 aromatic carbocycles. The molecule has 1 heterocycles. The van der Waals surface area contributed by atoms with Gasteiger partial charge in [-0.1, -0.05) is 0 Å². The molecular formula is C6H10ClN3OS. The number of rotatable bonds is 1. The Labute approximate surface area is 80.9 Å². The van der Waals surface area contributed by atoms with Gasteiger partial charge in [-0.2, -0.15) is 4.99 Å². The second kappa shape index (κ2) is 4.00. The van der Waals surface area contributed by atoms with Crippen LogP contribution >= 0.6 is 23.7 Å². The van der Waals surface area contributed by atoms with Crippen molar-refractivity contribution in [2.75, 3.05) is 7.11 Å². The van der Waals surface area contributed by atoms with E-state index >= 15 is 0 Å². The van der Waals surface area contributed by atoms with E-state index in [-0.39, 0.29) is 6.04 Å². The molecule has 0 bridgehead atoms. The van der Waals surface area contributed by atoms with Gasteiger partial charge in [-0.05, 0) is 25.4 Å². The van der Waals surface area contributed by atoms with E-state index in [0.29, 0.717) is 11.3 Å². The van der Waals surface area contributed by atoms with Gasteiger partial charge in [0, 0.05) is 6.04 Å². The fraction of sp³-hybridized carbons (Fsp3) is 0.667. The zero-order valence-corrected chi connectivity index (χ0v) is 8.69. The Balaban J connectivity index is 2.70. The zero-order valence-electron chi connectivity index (χ0n) is 7.11. The highest BCUT2D eigenvalue weighted by molar-refractivity contribution is 7.96. The molecule has 1 rings (SSSR count). The van der Waals surface area contributed by atoms with Gasteiger partial charge < -0.3 is 4.74 Å². The Morgan fingerprint density at radius 1 is 1.58 bits per heavy atom. The minimum Gasteiger partial charge on any atom is -0.466 e. The zero-order chi connectivity index (χ0) is 9.14. The van der Waals surface area contributed by atoms with E-state index in [1.807, 2.05) is 13.8 Å². The summed E-state index contributed by atoms with van der Waals surface area (Å²) < 4.78 is 10.6. The Bertz CT molecular complexity index is 229. The summed E-state index contributed by atoms with van der Waals surface area (Å²) in [6.07, 6.45) is 0. The molecule has 0 atom stereocenters. The van der Waals surface area contributed by atoms with Gasteiger partial charge in [0.15, 0.2) is 0 Å². The Kier molecular flexibility index (Phi) is 3.22. The van der Waals surface area contributed by atoms with Crippen molar-refractivity contribution in [2.24, 2.45) is 9.39 Å². The number of nitrogens with zero attached hydrogens (tertiary/aromatic N) is 3. The molecule has 0 unspecified atom stereocenters. The molecule has 0 saturated heterocycles. The standard InChI is InChI=1S/C6H10ClN3OS/c1-4(2)10-5(7)8-6(11-3)9-12-10/h4H,1-3H3. The topological polar surface area (TPSA) is 37.2 Å². The number of methoxy groups -OCH3 is 1. The number of halogens is 1. The van der Waals surface area contributed by atoms with Gasteiger partial charge >= 0.3 is 6.02 Å². The van der Waals surface area contributed by atoms with Crippen LogP contribution in [0.4, 0.5) is 0 Å². The van der Waals surface area contributed by atoms with Gasteiger partial charge in [-0.25, -0.2) is 0 Å². The first-order valence-electron chi connectivity index (χ1n) is 3.47. The van der Waals surface area contributed by atoms with Crippen molar-refractivity contribution in [1.29, 1.82) is 0 Å². The molecule has 0 N–H and O–H groups in total. The third kappa shape index (κ3) is 2.04. The predicted octanol–water partition coefficient (Wildman–Crippen LogP) is 1.87. The van der Waals surface area contributed by atoms with Crippen molar-refractivity contribution in [1.82, 2.24) is 4.31 Å². The van der Waals surface area contributed by atoms with E-state index < -0.39 is 0 Å². The van der Waals surface area contributed by atoms with Crippen LogP contribution in [0.25, 0.3) is 0 Å². The van der Waals surface area contributed by atoms with Crippen LogP contribution in [0.5, 0.6) is 0 Å². The van der Waals surface area contributed by atoms with E-state index in [2.05, 4.69) is 9.39 Å². The fourth-order valence-electron chi connectivity index (χ4n) is 0.651. The molecule has 0 fully saturated rings. The average Bonchev–Trinajstić information content (AvgIpc) is 2.03. The monoisotopic (exact) mass is 207 g/mol. The summed E-state index contributed by atoms with van der Waals surface area (Å²) in [5.74, 6) is 0. The van der Waals surface area contributed by atoms with Crippen LogP contribution in [0.3, 0.4) is 0 Å². The molecule has 0 aliphatic carbocycles. The highest BCUT2D eigenvalue weighted by atomic mass is 35.5. The van der Waals surface area contributed by atoms with Gasteiger partial charge in [-0.15, -0.1) is 4.40 Å². The van der Waals surface area contributed by atoms with Gasteiger partial charge in [0.25, 0.3) is 0 Å². The molecule has 0 aromatic heterocycles. The third-order valence-corrected chi connectivity index (χ3v) is 2.60. The predicted molar refractivity (Wildman–Crippen MR) is 52.3 cm³/mol. The van der Waals surface area contributed by atoms with E-state index in [1.165, 1.54) is 19.2 Å². The third-order valence-electron chi connectivity index (χ3n) is 1.23. The number of aliphatic imine (C=N–C) groups is 1. The molecule has 0 spiro atoms. The van der Waals surface area contributed by atoms with Crippen molar-refractivity contribution in [3.05, 3.63) is 0 Å². The van der Waals surface area contributed by atoms with Gasteiger partial charge in [0.2, 0.25) is 5.29 Å². The van der Waals surface area contributed by atoms with Crippen molar-refractivity contribution >= 4 is 35.1 Å². The van der Waals surface area contributed by atoms with Gasteiger partial charge in [0.05, 0.1) is 7.11 Å². The van der Waals surface area contributed by atoms with E-state index in [0.717, 1.165) is 0 Å². The lowest BCUT2D eigenvalue weighted by Gasteiger charge is -2.24. The summed E-state index contributed by atoms with van der Waals surface area (Å²) in [5.41, 5.74) is 0. The number of ether oxygens (including phenoxy) is 1. The molecule has 0 radical (unpaired) electrons. The lowest BCUT2D eigenvalue weighted by Crippen LogP contribution is -2.30. The van der Waals surface area contributed by atoms with Crippen molar-refractivity contribution in [2.45, 2.75) is 19.9 Å². The van der Waals surface area contributed by atoms with Gasteiger partial charge in [-0.3, -0.25) is 4.31 Å². The Morgan fingerprint density at radius 2 is 2.25 bits per heavy atom. The maximum Gasteiger partial charge on any atom is 0.327 e. The van der Waals surface area contributed by atoms with Crippen LogP contribution in [0.2, 0.25) is 0 Å². The minimum absolute atomic E-state index is 0.272. The van der Waals surface area contributed by atoms with Crippen LogP contribution in [0.1, 0.15) is 13.8 Å². The molecule has 1 aliphatic rings. The maximum atomic E-state index is 5.85. The fourth-order valence-corrected chi connectivity index (χ4v) is 1.58. The van der Waals surface area contributed by atoms with Crippen LogP contribution in [0, 0.1) is 0 Å². The second-order valence-corrected chi connectivity index (χ2v) is 3.54. The van der Waals surface area contributed by atoms with Crippen molar-refractivity contribution in [3.8, 4) is 0 Å². The van der Waals surface area contributed by atoms with Crippen LogP contribution < -0.4 is 0 Å². The average molecular weight is 208 g/mol. The Hall–Kier alpha value is -0.420. The molecule has 68 valence electrons. The molecule has 0 aromatic rings. The first kappa shape index (κ1) is 9.67. The van der Waals surface area contributed by atoms with Crippen LogP contribution in [0.15, 0.2) is 9.39 Å². The van der Waals surface area contributed by atoms with Crippen LogP contribution in [-0.2, 0) is 4.74 Å². The maximum absolute atomic E-state index is 5.85. The van der Waals surface area contributed by atoms with Crippen molar-refractivity contribution < 1.29 is 4.74 Å². The summed E-state index contributed by atoms with van der Waals surface area (Å²) in [7, 11) is 1.51. The summed E-state index contributed by atoms with van der Waals surface area (Å²) in [5, 5.41) is 0.404. The quantitative estimate of drug-likeness (QED) is 0.487. The van der Waals surface area contributed by atoms with E-state index in [9.17, 15) is 0 Å². The first-order valence-corrected chi connectivity index (χ1v) is 4.58. The number of hydrogen-bond donors (Lipinski definition) is 0. The Morgan fingerprint density at radius 3 is 2.67 bits per heavy atom. The summed E-state index contributed by atoms with van der Waals surface area (Å²) >= 11 is 7.09. The molecule has 1 aliphatic heterocycles. The van der Waals surface area contributed by atoms with Crippen molar-refractivity contribution in [3.63, 3.8) is 0 Å². The molecule has 0 amide bonds. The molecule has 12 heavy (non-hydrogen) atoms. The summed E-state index contributed by atoms with van der Waals surface area (Å²) in [6, 6.07) is 0.579. The lowest BCUT2D eigenvalue weighted by molar-refractivity contribution is 0.396. The molecule has 0 saturated carbocycles. The van der Waals surface area contributed by atoms with Gasteiger partial charge in [0.1, 0.15) is 12.1 Å². The van der Waals surface area contributed by atoms with Crippen LogP contribution in [-0.4, -0.2) is 28.8 Å². The molecular weight excluding hydrogens is 198 g/mol. The molecule has 4 nitrogen and oxygen atoms in total.